The third-order valence-corrected chi connectivity index (χ3v) is 15.7. The average Bonchev–Trinajstić information content (AvgIpc) is 3.96. The molecule has 2 fully saturated rings. The van der Waals surface area contributed by atoms with Crippen LogP contribution in [0.5, 0.6) is 5.75 Å². The Morgan fingerprint density at radius 1 is 0.761 bits per heavy atom. The largest absolute Gasteiger partial charge is 0.508 e. The minimum atomic E-state index is -4.37. The van der Waals surface area contributed by atoms with Gasteiger partial charge in [-0.15, -0.1) is 0 Å². The topological polar surface area (TPSA) is 207 Å². The first-order chi connectivity index (χ1) is 34.2. The fraction of sp³-hybridized carbons (Fsp3) is 0.236. The number of para-hydroxylation sites is 2. The molecule has 360 valence electrons. The average molecular weight is 974 g/mol. The molecule has 2 bridgehead atoms. The van der Waals surface area contributed by atoms with Crippen molar-refractivity contribution in [3.63, 3.8) is 0 Å². The molecule has 0 saturated carbocycles. The number of carboxylic acid groups (broad SMARTS) is 2. The third kappa shape index (κ3) is 8.73. The predicted octanol–water partition coefficient (Wildman–Crippen LogP) is 7.95. The van der Waals surface area contributed by atoms with Crippen LogP contribution in [0.2, 0.25) is 0 Å². The number of hydrogen-bond acceptors (Lipinski definition) is 10. The van der Waals surface area contributed by atoms with Crippen LogP contribution >= 0.6 is 0 Å². The van der Waals surface area contributed by atoms with E-state index in [2.05, 4.69) is 9.47 Å². The number of sulfonamides is 1. The van der Waals surface area contributed by atoms with Gasteiger partial charge in [0.15, 0.2) is 5.43 Å². The van der Waals surface area contributed by atoms with Crippen molar-refractivity contribution < 1.29 is 51.9 Å². The van der Waals surface area contributed by atoms with Gasteiger partial charge in [-0.3, -0.25) is 24.1 Å². The van der Waals surface area contributed by atoms with Crippen molar-refractivity contribution >= 4 is 66.6 Å². The molecule has 2 atom stereocenters. The number of unbranched alkanes of at least 4 members (excludes halogenated alkanes) is 1. The van der Waals surface area contributed by atoms with Crippen LogP contribution in [0.3, 0.4) is 0 Å². The number of aliphatic carboxylic acids is 1. The van der Waals surface area contributed by atoms with Crippen LogP contribution in [0.4, 0.5) is 0 Å². The number of phenolic OH excluding ortho intramolecular Hbond substituents is 1. The van der Waals surface area contributed by atoms with Crippen LogP contribution < -0.4 is 10.00 Å². The predicted molar refractivity (Wildman–Crippen MR) is 265 cm³/mol. The molecular weight excluding hydrogens is 925 g/mol. The molecule has 3 N–H and O–H groups in total. The molecule has 3 aliphatic heterocycles. The first kappa shape index (κ1) is 46.8. The highest BCUT2D eigenvalue weighted by Gasteiger charge is 2.45. The number of likely N-dealkylation sites (tertiary alicyclic amines) is 2. The SMILES string of the molecule is Cc1ccc(S(=O)(=O)N(CCCC(=O)O)C(=O)c2c3ccccc3[n+](CCCCN3CC4CC3CN4C(=O)c3ccc(-c4c5ccc(=O)cc-5oc5cc(O)ccc45)c(C(=O)O)c3)c3ccccc23)cc1. The van der Waals surface area contributed by atoms with E-state index in [4.69, 9.17) is 4.42 Å². The zero-order valence-electron chi connectivity index (χ0n) is 38.7. The van der Waals surface area contributed by atoms with Gasteiger partial charge in [0.25, 0.3) is 21.8 Å². The van der Waals surface area contributed by atoms with E-state index in [1.807, 2.05) is 60.4 Å². The number of aromatic hydroxyl groups is 1. The number of carbonyl (C=O) groups is 4. The maximum atomic E-state index is 14.8. The molecule has 2 unspecified atom stereocenters. The molecule has 1 aromatic heterocycles. The number of pyridine rings is 1. The maximum Gasteiger partial charge on any atom is 0.336 e. The maximum absolute atomic E-state index is 14.8. The Morgan fingerprint density at radius 2 is 1.46 bits per heavy atom. The standard InChI is InChI=1S/C55H48N4O11S/c1-33-14-19-39(20-15-33)71(68,69)59(26-8-13-50(62)63)54(65)52-41-9-2-4-11-46(41)57(47-12-5-3-10-42(47)52)25-7-6-24-56-31-36-28-35(56)32-58(36)53(64)34-16-21-40(45(27-34)55(66)67)51-43-22-17-37(60)29-48(43)70-49-30-38(61)18-23-44(49)51/h2-5,9-12,14-23,27,29-30,35-36H,6-8,13,24-26,28,31-32H2,1H3,(H2-,60,61,62,63,66,67)/p+1. The molecule has 15 nitrogen and oxygen atoms in total. The van der Waals surface area contributed by atoms with Crippen LogP contribution in [-0.4, -0.2) is 99.9 Å². The Labute approximate surface area is 407 Å². The van der Waals surface area contributed by atoms with E-state index in [9.17, 15) is 47.7 Å². The number of aromatic nitrogens is 1. The van der Waals surface area contributed by atoms with E-state index >= 15 is 0 Å². The summed E-state index contributed by atoms with van der Waals surface area (Å²) < 4.78 is 37.3. The molecule has 0 radical (unpaired) electrons. The Morgan fingerprint density at radius 3 is 2.14 bits per heavy atom. The number of rotatable bonds is 15. The number of amides is 2. The van der Waals surface area contributed by atoms with Gasteiger partial charge in [-0.1, -0.05) is 48.0 Å². The fourth-order valence-corrected chi connectivity index (χ4v) is 11.9. The molecule has 4 aliphatic rings. The van der Waals surface area contributed by atoms with E-state index in [1.54, 1.807) is 36.4 Å². The third-order valence-electron chi connectivity index (χ3n) is 13.9. The molecule has 10 rings (SSSR count). The summed E-state index contributed by atoms with van der Waals surface area (Å²) in [6.07, 6.45) is 2.02. The molecule has 0 spiro atoms. The van der Waals surface area contributed by atoms with Crippen molar-refractivity contribution in [2.45, 2.75) is 62.6 Å². The second kappa shape index (κ2) is 18.8. The zero-order valence-corrected chi connectivity index (χ0v) is 39.5. The number of fused-ring (bicyclic) bond motifs is 6. The lowest BCUT2D eigenvalue weighted by Crippen LogP contribution is -2.49. The lowest BCUT2D eigenvalue weighted by molar-refractivity contribution is -0.645. The minimum absolute atomic E-state index is 0.0519. The molecule has 1 aliphatic carbocycles. The van der Waals surface area contributed by atoms with Crippen LogP contribution in [0.15, 0.2) is 142 Å². The van der Waals surface area contributed by atoms with Crippen LogP contribution in [0, 0.1) is 6.92 Å². The van der Waals surface area contributed by atoms with Gasteiger partial charge in [0.2, 0.25) is 11.0 Å². The number of benzene rings is 6. The number of carboxylic acids is 2. The van der Waals surface area contributed by atoms with Crippen LogP contribution in [0.25, 0.3) is 55.2 Å². The summed E-state index contributed by atoms with van der Waals surface area (Å²) in [5.74, 6) is -3.14. The number of carbonyl (C=O) groups excluding carboxylic acids is 2. The zero-order chi connectivity index (χ0) is 49.7. The van der Waals surface area contributed by atoms with Gasteiger partial charge in [-0.05, 0) is 99.0 Å². The molecular formula is C55H49N4O11S+. The van der Waals surface area contributed by atoms with Gasteiger partial charge in [0, 0.05) is 90.9 Å². The summed E-state index contributed by atoms with van der Waals surface area (Å²) >= 11 is 0. The summed E-state index contributed by atoms with van der Waals surface area (Å²) in [5.41, 5.74) is 4.05. The highest BCUT2D eigenvalue weighted by atomic mass is 32.2. The van der Waals surface area contributed by atoms with E-state index in [0.717, 1.165) is 46.7 Å². The number of nitrogens with zero attached hydrogens (tertiary/aromatic N) is 4. The number of piperazine rings is 1. The highest BCUT2D eigenvalue weighted by Crippen LogP contribution is 2.43. The summed E-state index contributed by atoms with van der Waals surface area (Å²) in [5, 5.41) is 31.8. The van der Waals surface area contributed by atoms with Crippen molar-refractivity contribution in [3.05, 3.63) is 160 Å². The first-order valence-corrected chi connectivity index (χ1v) is 24.9. The lowest BCUT2D eigenvalue weighted by Gasteiger charge is -2.34. The molecule has 71 heavy (non-hydrogen) atoms. The van der Waals surface area contributed by atoms with Gasteiger partial charge < -0.3 is 24.6 Å². The Balaban J connectivity index is 0.849. The molecule has 16 heteroatoms. The lowest BCUT2D eigenvalue weighted by atomic mass is 9.89. The summed E-state index contributed by atoms with van der Waals surface area (Å²) in [4.78, 5) is 69.8. The van der Waals surface area contributed by atoms with Crippen molar-refractivity contribution in [1.82, 2.24) is 14.1 Å². The van der Waals surface area contributed by atoms with E-state index < -0.39 is 27.9 Å². The number of aromatic carboxylic acids is 1. The van der Waals surface area contributed by atoms with E-state index in [0.29, 0.717) is 52.5 Å². The van der Waals surface area contributed by atoms with Crippen LogP contribution in [-0.2, 0) is 21.4 Å². The molecule has 6 aromatic rings. The van der Waals surface area contributed by atoms with Crippen molar-refractivity contribution in [1.29, 1.82) is 0 Å². The Bertz CT molecular complexity index is 3560. The fourth-order valence-electron chi connectivity index (χ4n) is 10.5. The molecule has 5 aromatic carbocycles. The molecule has 4 heterocycles. The number of hydrogen-bond donors (Lipinski definition) is 3. The first-order valence-electron chi connectivity index (χ1n) is 23.5. The van der Waals surface area contributed by atoms with Gasteiger partial charge in [-0.2, -0.15) is 4.57 Å². The highest BCUT2D eigenvalue weighted by molar-refractivity contribution is 7.89. The Hall–Kier alpha value is -7.95. The normalized spacial score (nSPS) is 15.8. The summed E-state index contributed by atoms with van der Waals surface area (Å²) in [6, 6.07) is 34.6. The summed E-state index contributed by atoms with van der Waals surface area (Å²) in [6.45, 7) is 4.06. The van der Waals surface area contributed by atoms with Gasteiger partial charge in [-0.25, -0.2) is 17.5 Å². The molecule has 2 amide bonds. The van der Waals surface area contributed by atoms with Crippen LogP contribution in [0.1, 0.15) is 68.7 Å². The van der Waals surface area contributed by atoms with Gasteiger partial charge >= 0.3 is 11.9 Å². The van der Waals surface area contributed by atoms with E-state index in [-0.39, 0.29) is 81.5 Å². The smallest absolute Gasteiger partial charge is 0.336 e. The monoisotopic (exact) mass is 973 g/mol. The number of aryl methyl sites for hydroxylation is 2. The van der Waals surface area contributed by atoms with Crippen molar-refractivity contribution in [3.8, 4) is 28.2 Å². The molecule has 2 saturated heterocycles. The second-order valence-corrected chi connectivity index (χ2v) is 20.2. The quantitative estimate of drug-likeness (QED) is 0.0509. The summed E-state index contributed by atoms with van der Waals surface area (Å²) in [7, 11) is -4.37. The second-order valence-electron chi connectivity index (χ2n) is 18.3. The van der Waals surface area contributed by atoms with E-state index in [1.165, 1.54) is 42.5 Å². The minimum Gasteiger partial charge on any atom is -0.508 e. The van der Waals surface area contributed by atoms with Gasteiger partial charge in [0.1, 0.15) is 23.6 Å². The number of phenols is 1. The van der Waals surface area contributed by atoms with Crippen molar-refractivity contribution in [2.24, 2.45) is 0 Å². The van der Waals surface area contributed by atoms with Crippen molar-refractivity contribution in [2.75, 3.05) is 26.2 Å². The Kier molecular flexibility index (Phi) is 12.4. The van der Waals surface area contributed by atoms with Gasteiger partial charge in [0.05, 0.1) is 26.8 Å².